The minimum atomic E-state index is -0.411. The average molecular weight is 459 g/mol. The average Bonchev–Trinajstić information content (AvgIpc) is 3.10. The summed E-state index contributed by atoms with van der Waals surface area (Å²) in [6, 6.07) is 3.67. The summed E-state index contributed by atoms with van der Waals surface area (Å²) in [7, 11) is 1.52. The Morgan fingerprint density at radius 3 is 2.75 bits per heavy atom. The van der Waals surface area contributed by atoms with Crippen LogP contribution in [0.3, 0.4) is 0 Å². The summed E-state index contributed by atoms with van der Waals surface area (Å²) in [6.45, 7) is 0.491. The number of imide groups is 1. The number of ether oxygens (including phenoxy) is 1. The first-order chi connectivity index (χ1) is 15.5. The van der Waals surface area contributed by atoms with Crippen molar-refractivity contribution in [1.82, 2.24) is 25.6 Å². The van der Waals surface area contributed by atoms with E-state index in [1.54, 1.807) is 18.3 Å². The third kappa shape index (κ3) is 5.60. The lowest BCUT2D eigenvalue weighted by atomic mass is 9.91. The number of nitrogens with zero attached hydrogens (tertiary/aromatic N) is 3. The SMILES string of the molecule is COc1ncc(F)cc1CN[C@H]1CC[C@H](Nc2nccc(/C=C3\SC(=O)NC3=O)n2)CC1. The van der Waals surface area contributed by atoms with E-state index in [1.165, 1.54) is 13.2 Å². The number of anilines is 1. The fourth-order valence-corrected chi connectivity index (χ4v) is 4.40. The quantitative estimate of drug-likeness (QED) is 0.538. The van der Waals surface area contributed by atoms with Gasteiger partial charge in [-0.25, -0.2) is 19.3 Å². The van der Waals surface area contributed by atoms with Gasteiger partial charge in [-0.2, -0.15) is 0 Å². The number of pyridine rings is 1. The molecule has 2 aliphatic rings. The van der Waals surface area contributed by atoms with Crippen LogP contribution in [0.5, 0.6) is 5.88 Å². The number of hydrogen-bond acceptors (Lipinski definition) is 9. The van der Waals surface area contributed by atoms with Crippen LogP contribution in [0.15, 0.2) is 29.4 Å². The van der Waals surface area contributed by atoms with Crippen molar-refractivity contribution in [3.8, 4) is 5.88 Å². The Labute approximate surface area is 188 Å². The highest BCUT2D eigenvalue weighted by Crippen LogP contribution is 2.26. The lowest BCUT2D eigenvalue weighted by Crippen LogP contribution is -2.37. The van der Waals surface area contributed by atoms with Crippen molar-refractivity contribution in [3.05, 3.63) is 46.5 Å². The van der Waals surface area contributed by atoms with Gasteiger partial charge in [0.15, 0.2) is 0 Å². The normalized spacial score (nSPS) is 22.1. The van der Waals surface area contributed by atoms with Gasteiger partial charge in [0.25, 0.3) is 11.1 Å². The van der Waals surface area contributed by atoms with E-state index in [-0.39, 0.29) is 17.1 Å². The molecule has 3 N–H and O–H groups in total. The molecule has 1 aliphatic heterocycles. The summed E-state index contributed by atoms with van der Waals surface area (Å²) >= 11 is 0.857. The van der Waals surface area contributed by atoms with Gasteiger partial charge >= 0.3 is 0 Å². The van der Waals surface area contributed by atoms with Crippen LogP contribution in [-0.2, 0) is 11.3 Å². The van der Waals surface area contributed by atoms with E-state index in [9.17, 15) is 14.0 Å². The van der Waals surface area contributed by atoms with Gasteiger partial charge in [0.1, 0.15) is 5.82 Å². The van der Waals surface area contributed by atoms with E-state index < -0.39 is 5.91 Å². The molecule has 0 aromatic carbocycles. The molecule has 32 heavy (non-hydrogen) atoms. The second kappa shape index (κ2) is 10.0. The van der Waals surface area contributed by atoms with Gasteiger partial charge in [-0.3, -0.25) is 14.9 Å². The molecule has 11 heteroatoms. The van der Waals surface area contributed by atoms with Gasteiger partial charge in [0.05, 0.1) is 23.9 Å². The van der Waals surface area contributed by atoms with Crippen LogP contribution in [0.1, 0.15) is 36.9 Å². The smallest absolute Gasteiger partial charge is 0.290 e. The molecule has 2 aromatic rings. The van der Waals surface area contributed by atoms with Crippen LogP contribution >= 0.6 is 11.8 Å². The van der Waals surface area contributed by atoms with E-state index in [0.29, 0.717) is 40.6 Å². The molecule has 3 heterocycles. The van der Waals surface area contributed by atoms with Crippen molar-refractivity contribution in [2.24, 2.45) is 0 Å². The Morgan fingerprint density at radius 1 is 1.25 bits per heavy atom. The van der Waals surface area contributed by atoms with Crippen LogP contribution in [0.4, 0.5) is 15.1 Å². The Hall–Kier alpha value is -3.05. The molecule has 2 aromatic heterocycles. The Balaban J connectivity index is 1.28. The standard InChI is InChI=1S/C21H23FN6O3S/c1-31-19-12(8-13(22)11-25-19)10-24-14-2-4-15(5-3-14)26-20-23-7-6-16(27-20)9-17-18(29)28-21(30)32-17/h6-9,11,14-15,24H,2-5,10H2,1H3,(H,23,26,27)(H,28,29,30)/b17-9-/t14-,15-. The van der Waals surface area contributed by atoms with Gasteiger partial charge in [-0.15, -0.1) is 0 Å². The highest BCUT2D eigenvalue weighted by molar-refractivity contribution is 8.18. The fourth-order valence-electron chi connectivity index (χ4n) is 3.74. The number of nitrogens with one attached hydrogen (secondary N) is 3. The first-order valence-electron chi connectivity index (χ1n) is 10.3. The molecule has 2 amide bonds. The maximum atomic E-state index is 13.5. The number of carbonyl (C=O) groups excluding carboxylic acids is 2. The number of rotatable bonds is 7. The summed E-state index contributed by atoms with van der Waals surface area (Å²) < 4.78 is 18.7. The zero-order chi connectivity index (χ0) is 22.5. The first kappa shape index (κ1) is 22.2. The van der Waals surface area contributed by atoms with Gasteiger partial charge in [-0.05, 0) is 55.7 Å². The highest BCUT2D eigenvalue weighted by Gasteiger charge is 2.25. The number of methoxy groups -OCH3 is 1. The monoisotopic (exact) mass is 458 g/mol. The molecule has 4 rings (SSSR count). The first-order valence-corrected chi connectivity index (χ1v) is 11.1. The molecule has 1 saturated heterocycles. The third-order valence-corrected chi connectivity index (χ3v) is 6.14. The Kier molecular flexibility index (Phi) is 6.96. The molecule has 0 atom stereocenters. The van der Waals surface area contributed by atoms with Crippen molar-refractivity contribution < 1.29 is 18.7 Å². The molecule has 1 saturated carbocycles. The molecule has 1 aliphatic carbocycles. The van der Waals surface area contributed by atoms with Crippen LogP contribution in [0.25, 0.3) is 6.08 Å². The lowest BCUT2D eigenvalue weighted by molar-refractivity contribution is -0.115. The summed E-state index contributed by atoms with van der Waals surface area (Å²) in [5.41, 5.74) is 1.26. The van der Waals surface area contributed by atoms with Gasteiger partial charge in [-0.1, -0.05) is 0 Å². The second-order valence-corrected chi connectivity index (χ2v) is 8.57. The molecule has 0 unspecified atom stereocenters. The largest absolute Gasteiger partial charge is 0.481 e. The van der Waals surface area contributed by atoms with E-state index in [0.717, 1.165) is 43.6 Å². The number of thioether (sulfide) groups is 1. The van der Waals surface area contributed by atoms with Gasteiger partial charge < -0.3 is 15.4 Å². The van der Waals surface area contributed by atoms with E-state index >= 15 is 0 Å². The van der Waals surface area contributed by atoms with Crippen LogP contribution in [-0.4, -0.2) is 45.3 Å². The zero-order valence-corrected chi connectivity index (χ0v) is 18.2. The van der Waals surface area contributed by atoms with Crippen molar-refractivity contribution in [3.63, 3.8) is 0 Å². The molecular formula is C21H23FN6O3S. The van der Waals surface area contributed by atoms with Crippen molar-refractivity contribution >= 4 is 34.9 Å². The Bertz CT molecular complexity index is 1040. The second-order valence-electron chi connectivity index (χ2n) is 7.55. The van der Waals surface area contributed by atoms with E-state index in [2.05, 4.69) is 30.9 Å². The number of aromatic nitrogens is 3. The maximum Gasteiger partial charge on any atom is 0.290 e. The van der Waals surface area contributed by atoms with Crippen LogP contribution < -0.4 is 20.7 Å². The van der Waals surface area contributed by atoms with Crippen molar-refractivity contribution in [1.29, 1.82) is 0 Å². The number of carbonyl (C=O) groups is 2. The number of halogens is 1. The summed E-state index contributed by atoms with van der Waals surface area (Å²) in [5.74, 6) is 0.123. The van der Waals surface area contributed by atoms with Crippen LogP contribution in [0.2, 0.25) is 0 Å². The number of hydrogen-bond donors (Lipinski definition) is 3. The predicted molar refractivity (Wildman–Crippen MR) is 118 cm³/mol. The molecule has 168 valence electrons. The third-order valence-electron chi connectivity index (χ3n) is 5.33. The summed E-state index contributed by atoms with van der Waals surface area (Å²) in [5, 5.41) is 8.65. The molecule has 2 fully saturated rings. The summed E-state index contributed by atoms with van der Waals surface area (Å²) in [4.78, 5) is 36.0. The summed E-state index contributed by atoms with van der Waals surface area (Å²) in [6.07, 6.45) is 8.10. The van der Waals surface area contributed by atoms with E-state index in [1.807, 2.05) is 0 Å². The molecular weight excluding hydrogens is 435 g/mol. The minimum Gasteiger partial charge on any atom is -0.481 e. The molecule has 0 radical (unpaired) electrons. The van der Waals surface area contributed by atoms with E-state index in [4.69, 9.17) is 4.74 Å². The van der Waals surface area contributed by atoms with Gasteiger partial charge in [0.2, 0.25) is 11.8 Å². The maximum absolute atomic E-state index is 13.5. The highest BCUT2D eigenvalue weighted by atomic mass is 32.2. The number of amides is 2. The topological polar surface area (TPSA) is 118 Å². The zero-order valence-electron chi connectivity index (χ0n) is 17.4. The van der Waals surface area contributed by atoms with Crippen molar-refractivity contribution in [2.75, 3.05) is 12.4 Å². The fraction of sp³-hybridized carbons (Fsp3) is 0.381. The van der Waals surface area contributed by atoms with Crippen molar-refractivity contribution in [2.45, 2.75) is 44.3 Å². The molecule has 0 spiro atoms. The Morgan fingerprint density at radius 2 is 2.03 bits per heavy atom. The van der Waals surface area contributed by atoms with Crippen LogP contribution in [0, 0.1) is 5.82 Å². The predicted octanol–water partition coefficient (Wildman–Crippen LogP) is 2.86. The molecule has 9 nitrogen and oxygen atoms in total. The molecule has 0 bridgehead atoms. The lowest BCUT2D eigenvalue weighted by Gasteiger charge is -2.30. The van der Waals surface area contributed by atoms with Gasteiger partial charge in [0, 0.05) is 30.4 Å². The minimum absolute atomic E-state index is 0.229.